The first kappa shape index (κ1) is 20.7. The lowest BCUT2D eigenvalue weighted by molar-refractivity contribution is 0.0592. The molecule has 0 bridgehead atoms. The lowest BCUT2D eigenvalue weighted by Gasteiger charge is -2.40. The van der Waals surface area contributed by atoms with Crippen LogP contribution in [-0.4, -0.2) is 37.6 Å². The van der Waals surface area contributed by atoms with E-state index in [-0.39, 0.29) is 17.4 Å². The van der Waals surface area contributed by atoms with Crippen LogP contribution in [0.5, 0.6) is 5.75 Å². The number of rotatable bonds is 4. The molecule has 30 heavy (non-hydrogen) atoms. The molecule has 0 saturated carbocycles. The van der Waals surface area contributed by atoms with Crippen molar-refractivity contribution in [2.75, 3.05) is 20.7 Å². The largest absolute Gasteiger partial charge is 0.496 e. The fourth-order valence-corrected chi connectivity index (χ4v) is 5.13. The van der Waals surface area contributed by atoms with Crippen LogP contribution in [0.15, 0.2) is 48.2 Å². The van der Waals surface area contributed by atoms with Gasteiger partial charge in [0, 0.05) is 17.9 Å². The Labute approximate surface area is 179 Å². The minimum absolute atomic E-state index is 0.0565. The molecule has 0 N–H and O–H groups in total. The molecule has 4 rings (SSSR count). The monoisotopic (exact) mass is 405 g/mol. The highest BCUT2D eigenvalue weighted by molar-refractivity contribution is 5.92. The van der Waals surface area contributed by atoms with Gasteiger partial charge in [-0.2, -0.15) is 0 Å². The van der Waals surface area contributed by atoms with Crippen molar-refractivity contribution < 1.29 is 14.3 Å². The van der Waals surface area contributed by atoms with Crippen molar-refractivity contribution in [2.45, 2.75) is 51.5 Å². The summed E-state index contributed by atoms with van der Waals surface area (Å²) in [6.45, 7) is 7.13. The van der Waals surface area contributed by atoms with Crippen molar-refractivity contribution in [3.63, 3.8) is 0 Å². The second kappa shape index (κ2) is 7.92. The van der Waals surface area contributed by atoms with Crippen LogP contribution in [0.4, 0.5) is 0 Å². The molecule has 4 nitrogen and oxygen atoms in total. The van der Waals surface area contributed by atoms with E-state index in [1.807, 2.05) is 32.0 Å². The molecule has 1 saturated heterocycles. The number of likely N-dealkylation sites (N-methyl/N-ethyl adjacent to an activating group) is 1. The van der Waals surface area contributed by atoms with Crippen LogP contribution >= 0.6 is 0 Å². The number of carbonyl (C=O) groups excluding carboxylic acids is 1. The van der Waals surface area contributed by atoms with E-state index in [0.29, 0.717) is 5.56 Å². The lowest BCUT2D eigenvalue weighted by atomic mass is 9.68. The van der Waals surface area contributed by atoms with Gasteiger partial charge in [-0.1, -0.05) is 24.3 Å². The Morgan fingerprint density at radius 3 is 2.63 bits per heavy atom. The Balaban J connectivity index is 1.62. The van der Waals surface area contributed by atoms with Crippen molar-refractivity contribution in [2.24, 2.45) is 0 Å². The van der Waals surface area contributed by atoms with Crippen molar-refractivity contribution in [3.8, 4) is 5.75 Å². The van der Waals surface area contributed by atoms with E-state index in [1.165, 1.54) is 5.56 Å². The number of aryl methyl sites for hydroxylation is 2. The number of methoxy groups -OCH3 is 1. The zero-order valence-corrected chi connectivity index (χ0v) is 18.6. The molecule has 2 atom stereocenters. The van der Waals surface area contributed by atoms with E-state index in [9.17, 15) is 4.79 Å². The molecule has 1 heterocycles. The number of hydrogen-bond acceptors (Lipinski definition) is 4. The van der Waals surface area contributed by atoms with Crippen LogP contribution in [0.2, 0.25) is 0 Å². The summed E-state index contributed by atoms with van der Waals surface area (Å²) in [6.07, 6.45) is 5.03. The predicted molar refractivity (Wildman–Crippen MR) is 119 cm³/mol. The van der Waals surface area contributed by atoms with Crippen LogP contribution < -0.4 is 4.74 Å². The van der Waals surface area contributed by atoms with Gasteiger partial charge in [-0.3, -0.25) is 4.90 Å². The van der Waals surface area contributed by atoms with Crippen molar-refractivity contribution in [3.05, 3.63) is 76.1 Å². The minimum atomic E-state index is -0.254. The average molecular weight is 406 g/mol. The Morgan fingerprint density at radius 1 is 1.10 bits per heavy atom. The maximum atomic E-state index is 12.8. The molecule has 2 aromatic rings. The standard InChI is InChI=1S/C26H31NO3/c1-17-7-6-8-22(19(17)3)25(28)30-21-11-12-26(13-14-27(4)24(26)16-21)20-9-10-23(29-5)18(2)15-20/h6-10,15-16,24H,11-14H2,1-5H3. The molecular weight excluding hydrogens is 374 g/mol. The summed E-state index contributed by atoms with van der Waals surface area (Å²) in [5, 5.41) is 0. The van der Waals surface area contributed by atoms with Gasteiger partial charge in [0.2, 0.25) is 0 Å². The molecule has 0 spiro atoms. The van der Waals surface area contributed by atoms with E-state index >= 15 is 0 Å². The zero-order chi connectivity index (χ0) is 21.5. The fourth-order valence-electron chi connectivity index (χ4n) is 5.13. The first-order valence-electron chi connectivity index (χ1n) is 10.7. The predicted octanol–water partition coefficient (Wildman–Crippen LogP) is 5.10. The van der Waals surface area contributed by atoms with E-state index in [4.69, 9.17) is 9.47 Å². The number of esters is 1. The number of allylic oxidation sites excluding steroid dienone is 1. The third kappa shape index (κ3) is 3.43. The fraction of sp³-hybridized carbons (Fsp3) is 0.423. The summed E-state index contributed by atoms with van der Waals surface area (Å²) in [5.41, 5.74) is 5.31. The SMILES string of the molecule is COc1ccc(C23CCC(OC(=O)c4cccc(C)c4C)=CC2N(C)CC3)cc1C. The van der Waals surface area contributed by atoms with Crippen LogP contribution in [-0.2, 0) is 10.2 Å². The van der Waals surface area contributed by atoms with Gasteiger partial charge in [-0.15, -0.1) is 0 Å². The lowest BCUT2D eigenvalue weighted by Crippen LogP contribution is -2.42. The van der Waals surface area contributed by atoms with Crippen molar-refractivity contribution >= 4 is 5.97 Å². The van der Waals surface area contributed by atoms with E-state index in [0.717, 1.165) is 54.0 Å². The Bertz CT molecular complexity index is 1010. The molecule has 2 aliphatic rings. The van der Waals surface area contributed by atoms with Crippen LogP contribution in [0.3, 0.4) is 0 Å². The molecule has 0 aromatic heterocycles. The van der Waals surface area contributed by atoms with Gasteiger partial charge >= 0.3 is 5.97 Å². The summed E-state index contributed by atoms with van der Waals surface area (Å²) in [4.78, 5) is 15.2. The molecule has 0 amide bonds. The van der Waals surface area contributed by atoms with Gasteiger partial charge in [-0.05, 0) is 87.7 Å². The third-order valence-corrected chi connectivity index (χ3v) is 7.13. The number of likely N-dealkylation sites (tertiary alicyclic amines) is 1. The summed E-state index contributed by atoms with van der Waals surface area (Å²) in [5.74, 6) is 1.46. The van der Waals surface area contributed by atoms with E-state index in [1.54, 1.807) is 7.11 Å². The molecule has 1 aliphatic carbocycles. The number of nitrogens with zero attached hydrogens (tertiary/aromatic N) is 1. The van der Waals surface area contributed by atoms with Gasteiger partial charge < -0.3 is 9.47 Å². The van der Waals surface area contributed by atoms with Gasteiger partial charge in [-0.25, -0.2) is 4.79 Å². The third-order valence-electron chi connectivity index (χ3n) is 7.13. The highest BCUT2D eigenvalue weighted by Crippen LogP contribution is 2.48. The number of hydrogen-bond donors (Lipinski definition) is 0. The Kier molecular flexibility index (Phi) is 5.46. The first-order valence-corrected chi connectivity index (χ1v) is 10.7. The second-order valence-corrected chi connectivity index (χ2v) is 8.79. The Morgan fingerprint density at radius 2 is 1.90 bits per heavy atom. The maximum Gasteiger partial charge on any atom is 0.343 e. The van der Waals surface area contributed by atoms with Gasteiger partial charge in [0.15, 0.2) is 0 Å². The zero-order valence-electron chi connectivity index (χ0n) is 18.6. The second-order valence-electron chi connectivity index (χ2n) is 8.79. The quantitative estimate of drug-likeness (QED) is 0.664. The number of fused-ring (bicyclic) bond motifs is 1. The summed E-state index contributed by atoms with van der Waals surface area (Å²) >= 11 is 0. The minimum Gasteiger partial charge on any atom is -0.496 e. The molecule has 1 aliphatic heterocycles. The molecule has 2 aromatic carbocycles. The molecule has 1 fully saturated rings. The normalized spacial score (nSPS) is 23.6. The van der Waals surface area contributed by atoms with Crippen LogP contribution in [0, 0.1) is 20.8 Å². The number of carbonyl (C=O) groups is 1. The molecule has 4 heteroatoms. The smallest absolute Gasteiger partial charge is 0.343 e. The highest BCUT2D eigenvalue weighted by atomic mass is 16.5. The molecule has 0 radical (unpaired) electrons. The topological polar surface area (TPSA) is 38.8 Å². The maximum absolute atomic E-state index is 12.8. The van der Waals surface area contributed by atoms with Crippen LogP contribution in [0.25, 0.3) is 0 Å². The van der Waals surface area contributed by atoms with E-state index < -0.39 is 0 Å². The number of ether oxygens (including phenoxy) is 2. The summed E-state index contributed by atoms with van der Waals surface area (Å²) < 4.78 is 11.3. The van der Waals surface area contributed by atoms with Crippen LogP contribution in [0.1, 0.15) is 51.9 Å². The summed E-state index contributed by atoms with van der Waals surface area (Å²) in [7, 11) is 3.88. The average Bonchev–Trinajstić information content (AvgIpc) is 3.07. The van der Waals surface area contributed by atoms with Gasteiger partial charge in [0.25, 0.3) is 0 Å². The van der Waals surface area contributed by atoms with Gasteiger partial charge in [0.1, 0.15) is 11.5 Å². The first-order chi connectivity index (χ1) is 14.4. The molecular formula is C26H31NO3. The van der Waals surface area contributed by atoms with Crippen molar-refractivity contribution in [1.29, 1.82) is 0 Å². The highest BCUT2D eigenvalue weighted by Gasteiger charge is 2.48. The van der Waals surface area contributed by atoms with Gasteiger partial charge in [0.05, 0.1) is 12.7 Å². The van der Waals surface area contributed by atoms with E-state index in [2.05, 4.69) is 43.1 Å². The molecule has 158 valence electrons. The molecule has 2 unspecified atom stereocenters. The Hall–Kier alpha value is -2.59. The van der Waals surface area contributed by atoms with Crippen molar-refractivity contribution in [1.82, 2.24) is 4.90 Å². The summed E-state index contributed by atoms with van der Waals surface area (Å²) in [6, 6.07) is 12.6. The number of benzene rings is 2.